The van der Waals surface area contributed by atoms with Gasteiger partial charge in [-0.1, -0.05) is 154 Å². The van der Waals surface area contributed by atoms with Crippen molar-refractivity contribution in [2.45, 2.75) is 201 Å². The molecule has 0 bridgehead atoms. The minimum absolute atomic E-state index is 0.158. The molecular formula is C38H78O8P2. The number of hydrogen-bond donors (Lipinski definition) is 3. The van der Waals surface area contributed by atoms with Gasteiger partial charge in [-0.25, -0.2) is 9.13 Å². The monoisotopic (exact) mass is 725 g/mol. The highest BCUT2D eigenvalue weighted by atomic mass is 31.2. The predicted octanol–water partition coefficient (Wildman–Crippen LogP) is 13.3. The fourth-order valence-electron chi connectivity index (χ4n) is 5.26. The zero-order valence-electron chi connectivity index (χ0n) is 31.5. The average Bonchev–Trinajstić information content (AvgIpc) is 3.03. The van der Waals surface area contributed by atoms with E-state index in [9.17, 15) is 14.0 Å². The standard InChI is InChI=1S/C20H41O4P.C18H37O4P/c1-3-5-6-7-8-9-10-11-12-13-14-15-16-17-18-19-20-24-25(21,22)23-4-2;1-2-3-4-5-6-7-8-9-10-11-12-13-14-15-16-17-18-22-23(19,20)21/h11-12H,3-10,13-20H2,1-2H3,(H,21,22);9-10H,2-8,11-18H2,1H3,(H2,19,20,21)/b12-11-;10-9-. The van der Waals surface area contributed by atoms with Crippen LogP contribution in [0.5, 0.6) is 0 Å². The predicted molar refractivity (Wildman–Crippen MR) is 204 cm³/mol. The molecule has 3 N–H and O–H groups in total. The van der Waals surface area contributed by atoms with Gasteiger partial charge in [0.25, 0.3) is 0 Å². The first kappa shape index (κ1) is 49.8. The zero-order valence-corrected chi connectivity index (χ0v) is 33.3. The van der Waals surface area contributed by atoms with Crippen molar-refractivity contribution in [2.75, 3.05) is 19.8 Å². The molecule has 0 fully saturated rings. The van der Waals surface area contributed by atoms with Crippen LogP contribution in [0.25, 0.3) is 0 Å². The third-order valence-corrected chi connectivity index (χ3v) is 9.73. The number of phosphoric ester groups is 2. The summed E-state index contributed by atoms with van der Waals surface area (Å²) >= 11 is 0. The van der Waals surface area contributed by atoms with Crippen molar-refractivity contribution in [3.8, 4) is 0 Å². The van der Waals surface area contributed by atoms with Crippen LogP contribution in [0, 0.1) is 0 Å². The minimum Gasteiger partial charge on any atom is -0.303 e. The second kappa shape index (κ2) is 39.5. The van der Waals surface area contributed by atoms with Crippen LogP contribution in [-0.2, 0) is 22.7 Å². The van der Waals surface area contributed by atoms with E-state index >= 15 is 0 Å². The Kier molecular flexibility index (Phi) is 41.0. The summed E-state index contributed by atoms with van der Waals surface area (Å²) in [6.45, 7) is 6.84. The maximum Gasteiger partial charge on any atom is 0.472 e. The summed E-state index contributed by atoms with van der Waals surface area (Å²) in [6, 6.07) is 0. The van der Waals surface area contributed by atoms with Crippen molar-refractivity contribution in [1.29, 1.82) is 0 Å². The Hall–Kier alpha value is -0.300. The van der Waals surface area contributed by atoms with E-state index in [1.165, 1.54) is 141 Å². The van der Waals surface area contributed by atoms with Crippen molar-refractivity contribution >= 4 is 15.6 Å². The van der Waals surface area contributed by atoms with Crippen LogP contribution < -0.4 is 0 Å². The smallest absolute Gasteiger partial charge is 0.303 e. The van der Waals surface area contributed by atoms with Gasteiger partial charge in [0.05, 0.1) is 19.8 Å². The summed E-state index contributed by atoms with van der Waals surface area (Å²) in [5, 5.41) is 0. The van der Waals surface area contributed by atoms with Crippen LogP contribution in [0.3, 0.4) is 0 Å². The molecule has 0 aliphatic rings. The Labute approximate surface area is 297 Å². The molecule has 288 valence electrons. The molecule has 0 rings (SSSR count). The summed E-state index contributed by atoms with van der Waals surface area (Å²) in [4.78, 5) is 26.3. The molecule has 0 spiro atoms. The largest absolute Gasteiger partial charge is 0.472 e. The van der Waals surface area contributed by atoms with E-state index in [-0.39, 0.29) is 13.2 Å². The van der Waals surface area contributed by atoms with E-state index < -0.39 is 15.6 Å². The maximum absolute atomic E-state index is 11.3. The van der Waals surface area contributed by atoms with E-state index in [2.05, 4.69) is 47.2 Å². The first-order valence-electron chi connectivity index (χ1n) is 19.8. The zero-order chi connectivity index (χ0) is 35.9. The molecule has 0 aromatic rings. The highest BCUT2D eigenvalue weighted by Gasteiger charge is 2.18. The van der Waals surface area contributed by atoms with Gasteiger partial charge in [0.15, 0.2) is 0 Å². The van der Waals surface area contributed by atoms with Gasteiger partial charge in [-0.15, -0.1) is 0 Å². The Bertz CT molecular complexity index is 785. The molecule has 0 aliphatic carbocycles. The third-order valence-electron chi connectivity index (χ3n) is 8.12. The Morgan fingerprint density at radius 1 is 0.396 bits per heavy atom. The lowest BCUT2D eigenvalue weighted by atomic mass is 10.1. The van der Waals surface area contributed by atoms with Crippen molar-refractivity contribution in [1.82, 2.24) is 0 Å². The number of phosphoric acid groups is 2. The molecule has 8 nitrogen and oxygen atoms in total. The summed E-state index contributed by atoms with van der Waals surface area (Å²) < 4.78 is 35.7. The molecule has 48 heavy (non-hydrogen) atoms. The fraction of sp³-hybridized carbons (Fsp3) is 0.895. The van der Waals surface area contributed by atoms with Crippen molar-refractivity contribution in [3.05, 3.63) is 24.3 Å². The van der Waals surface area contributed by atoms with Gasteiger partial charge in [0, 0.05) is 0 Å². The van der Waals surface area contributed by atoms with Gasteiger partial charge in [-0.2, -0.15) is 0 Å². The van der Waals surface area contributed by atoms with Crippen molar-refractivity contribution in [3.63, 3.8) is 0 Å². The normalized spacial score (nSPS) is 13.3. The molecule has 0 radical (unpaired) electrons. The lowest BCUT2D eigenvalue weighted by Crippen LogP contribution is -1.96. The second-order valence-corrected chi connectivity index (χ2v) is 15.6. The van der Waals surface area contributed by atoms with E-state index in [1.54, 1.807) is 6.92 Å². The highest BCUT2D eigenvalue weighted by Crippen LogP contribution is 2.43. The van der Waals surface area contributed by atoms with E-state index in [4.69, 9.17) is 14.3 Å². The van der Waals surface area contributed by atoms with Crippen LogP contribution >= 0.6 is 15.6 Å². The summed E-state index contributed by atoms with van der Waals surface area (Å²) in [7, 11) is -8.05. The number of rotatable bonds is 36. The molecule has 0 aliphatic heterocycles. The summed E-state index contributed by atoms with van der Waals surface area (Å²) in [6.07, 6.45) is 43.9. The van der Waals surface area contributed by atoms with Crippen LogP contribution in [-0.4, -0.2) is 34.5 Å². The lowest BCUT2D eigenvalue weighted by Gasteiger charge is -2.10. The van der Waals surface area contributed by atoms with Gasteiger partial charge >= 0.3 is 15.6 Å². The van der Waals surface area contributed by atoms with Gasteiger partial charge in [0.1, 0.15) is 0 Å². The first-order valence-corrected chi connectivity index (χ1v) is 22.8. The summed E-state index contributed by atoms with van der Waals surface area (Å²) in [5.41, 5.74) is 0. The quantitative estimate of drug-likeness (QED) is 0.0331. The van der Waals surface area contributed by atoms with Gasteiger partial charge in [0.2, 0.25) is 0 Å². The van der Waals surface area contributed by atoms with E-state index in [0.29, 0.717) is 6.61 Å². The number of hydrogen-bond acceptors (Lipinski definition) is 5. The second-order valence-electron chi connectivity index (χ2n) is 12.9. The van der Waals surface area contributed by atoms with E-state index in [0.717, 1.165) is 38.5 Å². The Morgan fingerprint density at radius 2 is 0.688 bits per heavy atom. The molecule has 1 atom stereocenters. The SMILES string of the molecule is CCCCCCCC/C=C\CCCCCCCCOP(=O)(O)O.CCCCCCCC/C=C\CCCCCCCCOP(=O)(O)OCC. The molecule has 0 aromatic heterocycles. The molecular weight excluding hydrogens is 646 g/mol. The van der Waals surface area contributed by atoms with Crippen molar-refractivity contribution < 1.29 is 37.4 Å². The molecule has 0 saturated carbocycles. The summed E-state index contributed by atoms with van der Waals surface area (Å²) in [5.74, 6) is 0. The van der Waals surface area contributed by atoms with Crippen LogP contribution in [0.4, 0.5) is 0 Å². The molecule has 0 aromatic carbocycles. The number of allylic oxidation sites excluding steroid dienone is 4. The topological polar surface area (TPSA) is 123 Å². The average molecular weight is 725 g/mol. The maximum atomic E-state index is 11.3. The molecule has 1 unspecified atom stereocenters. The van der Waals surface area contributed by atoms with Crippen LogP contribution in [0.1, 0.15) is 201 Å². The van der Waals surface area contributed by atoms with Crippen LogP contribution in [0.2, 0.25) is 0 Å². The van der Waals surface area contributed by atoms with Crippen LogP contribution in [0.15, 0.2) is 24.3 Å². The number of unbranched alkanes of at least 4 members (excludes halogenated alkanes) is 24. The van der Waals surface area contributed by atoms with Gasteiger partial charge < -0.3 is 14.7 Å². The lowest BCUT2D eigenvalue weighted by molar-refractivity contribution is 0.153. The molecule has 0 amide bonds. The van der Waals surface area contributed by atoms with Crippen molar-refractivity contribution in [2.24, 2.45) is 0 Å². The Morgan fingerprint density at radius 3 is 1.00 bits per heavy atom. The first-order chi connectivity index (χ1) is 23.2. The molecule has 0 heterocycles. The highest BCUT2D eigenvalue weighted by molar-refractivity contribution is 7.47. The fourth-order valence-corrected chi connectivity index (χ4v) is 6.39. The Balaban J connectivity index is 0. The molecule has 0 saturated heterocycles. The molecule has 10 heteroatoms. The minimum atomic E-state index is -4.26. The van der Waals surface area contributed by atoms with E-state index in [1.807, 2.05) is 0 Å². The van der Waals surface area contributed by atoms with Gasteiger partial charge in [-0.3, -0.25) is 13.6 Å². The third kappa shape index (κ3) is 47.8. The van der Waals surface area contributed by atoms with Gasteiger partial charge in [-0.05, 0) is 71.1 Å².